The summed E-state index contributed by atoms with van der Waals surface area (Å²) in [6.07, 6.45) is 0.251. The summed E-state index contributed by atoms with van der Waals surface area (Å²) in [4.78, 5) is 0. The molecule has 68 valence electrons. The van der Waals surface area contributed by atoms with Gasteiger partial charge in [0, 0.05) is 19.7 Å². The third-order valence-corrected chi connectivity index (χ3v) is 1.63. The molecule has 1 aliphatic rings. The summed E-state index contributed by atoms with van der Waals surface area (Å²) >= 11 is 0. The van der Waals surface area contributed by atoms with Crippen LogP contribution in [0.4, 0.5) is 0 Å². The molecule has 1 rings (SSSR count). The number of morpholine rings is 1. The number of nitrogens with one attached hydrogen (secondary N) is 1. The van der Waals surface area contributed by atoms with E-state index in [-0.39, 0.29) is 18.5 Å². The fourth-order valence-electron chi connectivity index (χ4n) is 1.02. The molecule has 0 radical (unpaired) electrons. The van der Waals surface area contributed by atoms with Gasteiger partial charge in [0.25, 0.3) is 0 Å². The Bertz CT molecular complexity index is 94.4. The van der Waals surface area contributed by atoms with Crippen molar-refractivity contribution < 1.29 is 9.47 Å². The van der Waals surface area contributed by atoms with Crippen LogP contribution in [0, 0.1) is 0 Å². The van der Waals surface area contributed by atoms with Gasteiger partial charge < -0.3 is 14.8 Å². The van der Waals surface area contributed by atoms with Crippen LogP contribution in [-0.4, -0.2) is 39.0 Å². The molecule has 0 aromatic heterocycles. The number of halogens is 1. The van der Waals surface area contributed by atoms with Crippen LogP contribution in [0.3, 0.4) is 0 Å². The molecular formula is C7H16ClNO2. The van der Waals surface area contributed by atoms with Gasteiger partial charge in [0.1, 0.15) is 0 Å². The van der Waals surface area contributed by atoms with Gasteiger partial charge in [-0.2, -0.15) is 0 Å². The highest BCUT2D eigenvalue weighted by atomic mass is 35.5. The molecule has 0 aromatic carbocycles. The highest BCUT2D eigenvalue weighted by Crippen LogP contribution is 1.99. The molecule has 4 heteroatoms. The first-order valence-corrected chi connectivity index (χ1v) is 3.67. The van der Waals surface area contributed by atoms with E-state index in [1.807, 2.05) is 0 Å². The Morgan fingerprint density at radius 2 is 2.36 bits per heavy atom. The second-order valence-corrected chi connectivity index (χ2v) is 2.72. The maximum atomic E-state index is 5.44. The number of rotatable bonds is 2. The van der Waals surface area contributed by atoms with E-state index in [2.05, 4.69) is 12.2 Å². The zero-order valence-electron chi connectivity index (χ0n) is 7.00. The zero-order chi connectivity index (χ0) is 7.40. The normalized spacial score (nSPS) is 31.1. The third kappa shape index (κ3) is 3.91. The zero-order valence-corrected chi connectivity index (χ0v) is 7.82. The lowest BCUT2D eigenvalue weighted by Gasteiger charge is -2.27. The van der Waals surface area contributed by atoms with Gasteiger partial charge in [0.2, 0.25) is 0 Å². The first-order valence-electron chi connectivity index (χ1n) is 3.67. The van der Waals surface area contributed by atoms with E-state index in [1.165, 1.54) is 0 Å². The lowest BCUT2D eigenvalue weighted by Crippen LogP contribution is -2.46. The average Bonchev–Trinajstić information content (AvgIpc) is 1.95. The highest BCUT2D eigenvalue weighted by Gasteiger charge is 2.16. The molecular weight excluding hydrogens is 166 g/mol. The first kappa shape index (κ1) is 11.2. The van der Waals surface area contributed by atoms with E-state index < -0.39 is 0 Å². The smallest absolute Gasteiger partial charge is 0.0933 e. The number of methoxy groups -OCH3 is 1. The van der Waals surface area contributed by atoms with Gasteiger partial charge in [0.15, 0.2) is 0 Å². The summed E-state index contributed by atoms with van der Waals surface area (Å²) in [5.74, 6) is 0. The van der Waals surface area contributed by atoms with Crippen molar-refractivity contribution in [3.63, 3.8) is 0 Å². The number of hydrogen-bond acceptors (Lipinski definition) is 3. The SMILES string of the molecule is COC[C@@H]1CN[C@H](C)CO1.Cl. The van der Waals surface area contributed by atoms with Crippen LogP contribution in [0.25, 0.3) is 0 Å². The van der Waals surface area contributed by atoms with Crippen LogP contribution in [0.2, 0.25) is 0 Å². The number of ether oxygens (including phenoxy) is 2. The van der Waals surface area contributed by atoms with Crippen molar-refractivity contribution in [1.29, 1.82) is 0 Å². The standard InChI is InChI=1S/C7H15NO2.ClH/c1-6-4-10-7(3-8-6)5-9-2;/h6-8H,3-5H2,1-2H3;1H/t6-,7+;/m1./s1. The quantitative estimate of drug-likeness (QED) is 0.671. The highest BCUT2D eigenvalue weighted by molar-refractivity contribution is 5.85. The molecule has 0 aromatic rings. The van der Waals surface area contributed by atoms with E-state index in [0.717, 1.165) is 13.2 Å². The van der Waals surface area contributed by atoms with Gasteiger partial charge in [0.05, 0.1) is 19.3 Å². The van der Waals surface area contributed by atoms with Crippen LogP contribution in [0.5, 0.6) is 0 Å². The molecule has 1 fully saturated rings. The molecule has 0 bridgehead atoms. The fraction of sp³-hybridized carbons (Fsp3) is 1.00. The molecule has 11 heavy (non-hydrogen) atoms. The van der Waals surface area contributed by atoms with E-state index >= 15 is 0 Å². The lowest BCUT2D eigenvalue weighted by atomic mass is 10.2. The summed E-state index contributed by atoms with van der Waals surface area (Å²) in [6, 6.07) is 0.494. The van der Waals surface area contributed by atoms with Gasteiger partial charge >= 0.3 is 0 Å². The molecule has 1 N–H and O–H groups in total. The van der Waals surface area contributed by atoms with Gasteiger partial charge in [-0.05, 0) is 6.92 Å². The minimum absolute atomic E-state index is 0. The van der Waals surface area contributed by atoms with Gasteiger partial charge in [-0.3, -0.25) is 0 Å². The molecule has 1 saturated heterocycles. The second kappa shape index (κ2) is 5.77. The Morgan fingerprint density at radius 3 is 2.82 bits per heavy atom. The minimum atomic E-state index is 0. The predicted molar refractivity (Wildman–Crippen MR) is 46.3 cm³/mol. The summed E-state index contributed by atoms with van der Waals surface area (Å²) in [6.45, 7) is 4.52. The summed E-state index contributed by atoms with van der Waals surface area (Å²) in [7, 11) is 1.70. The molecule has 0 saturated carbocycles. The second-order valence-electron chi connectivity index (χ2n) is 2.72. The van der Waals surface area contributed by atoms with E-state index in [0.29, 0.717) is 12.6 Å². The summed E-state index contributed by atoms with van der Waals surface area (Å²) in [5, 5.41) is 3.31. The minimum Gasteiger partial charge on any atom is -0.382 e. The summed E-state index contributed by atoms with van der Waals surface area (Å²) in [5.41, 5.74) is 0. The van der Waals surface area contributed by atoms with E-state index in [9.17, 15) is 0 Å². The molecule has 3 nitrogen and oxygen atoms in total. The van der Waals surface area contributed by atoms with E-state index in [1.54, 1.807) is 7.11 Å². The molecule has 0 unspecified atom stereocenters. The van der Waals surface area contributed by atoms with Crippen molar-refractivity contribution in [2.24, 2.45) is 0 Å². The maximum absolute atomic E-state index is 5.44. The van der Waals surface area contributed by atoms with Crippen molar-refractivity contribution in [2.75, 3.05) is 26.9 Å². The Labute approximate surface area is 73.9 Å². The molecule has 0 aliphatic carbocycles. The summed E-state index contributed by atoms with van der Waals surface area (Å²) < 4.78 is 10.4. The molecule has 2 atom stereocenters. The first-order chi connectivity index (χ1) is 4.83. The largest absolute Gasteiger partial charge is 0.382 e. The van der Waals surface area contributed by atoms with Gasteiger partial charge in [-0.25, -0.2) is 0 Å². The van der Waals surface area contributed by atoms with Crippen molar-refractivity contribution in [3.05, 3.63) is 0 Å². The Hall–Kier alpha value is 0.170. The predicted octanol–water partition coefficient (Wildman–Crippen LogP) is 0.432. The van der Waals surface area contributed by atoms with Crippen LogP contribution >= 0.6 is 12.4 Å². The molecule has 1 heterocycles. The van der Waals surface area contributed by atoms with Crippen LogP contribution in [0.1, 0.15) is 6.92 Å². The Balaban J connectivity index is 0.000001000. The third-order valence-electron chi connectivity index (χ3n) is 1.63. The van der Waals surface area contributed by atoms with Crippen molar-refractivity contribution in [3.8, 4) is 0 Å². The topological polar surface area (TPSA) is 30.5 Å². The van der Waals surface area contributed by atoms with Crippen molar-refractivity contribution in [2.45, 2.75) is 19.1 Å². The maximum Gasteiger partial charge on any atom is 0.0933 e. The van der Waals surface area contributed by atoms with Crippen molar-refractivity contribution >= 4 is 12.4 Å². The van der Waals surface area contributed by atoms with Crippen LogP contribution in [0.15, 0.2) is 0 Å². The van der Waals surface area contributed by atoms with Crippen LogP contribution < -0.4 is 5.32 Å². The Morgan fingerprint density at radius 1 is 1.64 bits per heavy atom. The molecule has 0 spiro atoms. The van der Waals surface area contributed by atoms with Crippen molar-refractivity contribution in [1.82, 2.24) is 5.32 Å². The van der Waals surface area contributed by atoms with Crippen LogP contribution in [-0.2, 0) is 9.47 Å². The monoisotopic (exact) mass is 181 g/mol. The molecule has 0 amide bonds. The van der Waals surface area contributed by atoms with Gasteiger partial charge in [-0.1, -0.05) is 0 Å². The fourth-order valence-corrected chi connectivity index (χ4v) is 1.02. The lowest BCUT2D eigenvalue weighted by molar-refractivity contribution is -0.0330. The average molecular weight is 182 g/mol. The van der Waals surface area contributed by atoms with E-state index in [4.69, 9.17) is 9.47 Å². The van der Waals surface area contributed by atoms with Gasteiger partial charge in [-0.15, -0.1) is 12.4 Å². The molecule has 1 aliphatic heterocycles. The Kier molecular flexibility index (Phi) is 5.86. The number of hydrogen-bond donors (Lipinski definition) is 1.